The number of aryl methyl sites for hydroxylation is 1. The van der Waals surface area contributed by atoms with Crippen molar-refractivity contribution in [3.63, 3.8) is 0 Å². The second kappa shape index (κ2) is 7.01. The van der Waals surface area contributed by atoms with E-state index in [1.165, 1.54) is 5.56 Å². The van der Waals surface area contributed by atoms with Gasteiger partial charge in [-0.1, -0.05) is 25.1 Å². The molecule has 0 fully saturated rings. The molecule has 1 aromatic carbocycles. The molecule has 1 N–H and O–H groups in total. The van der Waals surface area contributed by atoms with E-state index in [-0.39, 0.29) is 0 Å². The molecule has 0 amide bonds. The molecule has 0 aliphatic carbocycles. The van der Waals surface area contributed by atoms with Crippen molar-refractivity contribution < 1.29 is 0 Å². The topological polar surface area (TPSA) is 41.1 Å². The zero-order valence-corrected chi connectivity index (χ0v) is 12.4. The summed E-state index contributed by atoms with van der Waals surface area (Å²) < 4.78 is 0. The summed E-state index contributed by atoms with van der Waals surface area (Å²) in [6, 6.07) is 8.29. The van der Waals surface area contributed by atoms with Crippen molar-refractivity contribution in [3.8, 4) is 0 Å². The van der Waals surface area contributed by atoms with Gasteiger partial charge in [0.25, 0.3) is 0 Å². The summed E-state index contributed by atoms with van der Waals surface area (Å²) in [5.74, 6) is 0.870. The van der Waals surface area contributed by atoms with E-state index in [1.807, 2.05) is 25.4 Å². The van der Waals surface area contributed by atoms with Crippen LogP contribution in [0.5, 0.6) is 0 Å². The molecule has 0 aliphatic heterocycles. The van der Waals surface area contributed by atoms with Gasteiger partial charge in [0.1, 0.15) is 0 Å². The summed E-state index contributed by atoms with van der Waals surface area (Å²) in [5, 5.41) is 3.35. The molecule has 0 atom stereocenters. The first-order chi connectivity index (χ1) is 9.72. The molecule has 106 valence electrons. The largest absolute Gasteiger partial charge is 0.328 e. The number of aromatic nitrogens is 2. The Morgan fingerprint density at radius 3 is 2.75 bits per heavy atom. The van der Waals surface area contributed by atoms with Crippen LogP contribution in [0.1, 0.15) is 24.6 Å². The highest BCUT2D eigenvalue weighted by Crippen LogP contribution is 2.24. The lowest BCUT2D eigenvalue weighted by Gasteiger charge is -2.20. The van der Waals surface area contributed by atoms with Crippen LogP contribution in [0.4, 0.5) is 11.5 Å². The van der Waals surface area contributed by atoms with Crippen LogP contribution in [0.25, 0.3) is 0 Å². The summed E-state index contributed by atoms with van der Waals surface area (Å²) in [7, 11) is 2.02. The van der Waals surface area contributed by atoms with Crippen molar-refractivity contribution >= 4 is 11.5 Å². The zero-order valence-electron chi connectivity index (χ0n) is 12.4. The van der Waals surface area contributed by atoms with Gasteiger partial charge in [0.15, 0.2) is 5.82 Å². The van der Waals surface area contributed by atoms with E-state index in [9.17, 15) is 0 Å². The van der Waals surface area contributed by atoms with Crippen LogP contribution in [0.2, 0.25) is 0 Å². The molecule has 2 rings (SSSR count). The van der Waals surface area contributed by atoms with Gasteiger partial charge in [-0.3, -0.25) is 4.98 Å². The third-order valence-corrected chi connectivity index (χ3v) is 3.23. The first-order valence-electron chi connectivity index (χ1n) is 7.03. The Kier molecular flexibility index (Phi) is 5.07. The lowest BCUT2D eigenvalue weighted by molar-refractivity contribution is 0.662. The molecule has 4 nitrogen and oxygen atoms in total. The molecule has 0 aliphatic rings. The van der Waals surface area contributed by atoms with Gasteiger partial charge in [-0.05, 0) is 31.5 Å². The number of nitrogens with one attached hydrogen (secondary N) is 1. The van der Waals surface area contributed by atoms with Crippen LogP contribution in [-0.2, 0) is 6.54 Å². The Bertz CT molecular complexity index is 554. The smallest absolute Gasteiger partial charge is 0.151 e. The number of benzene rings is 1. The molecule has 0 saturated heterocycles. The van der Waals surface area contributed by atoms with Crippen LogP contribution in [0.3, 0.4) is 0 Å². The Morgan fingerprint density at radius 2 is 2.00 bits per heavy atom. The Hall–Kier alpha value is -1.94. The number of hydrogen-bond donors (Lipinski definition) is 1. The Labute approximate surface area is 120 Å². The molecule has 0 spiro atoms. The average Bonchev–Trinajstić information content (AvgIpc) is 2.48. The fraction of sp³-hybridized carbons (Fsp3) is 0.375. The van der Waals surface area contributed by atoms with E-state index >= 15 is 0 Å². The number of rotatable bonds is 6. The highest BCUT2D eigenvalue weighted by atomic mass is 15.2. The first kappa shape index (κ1) is 14.5. The van der Waals surface area contributed by atoms with Crippen LogP contribution >= 0.6 is 0 Å². The molecule has 0 radical (unpaired) electrons. The van der Waals surface area contributed by atoms with E-state index < -0.39 is 0 Å². The minimum absolute atomic E-state index is 0.760. The predicted octanol–water partition coefficient (Wildman–Crippen LogP) is 3.05. The number of para-hydroxylation sites is 1. The quantitative estimate of drug-likeness (QED) is 0.819. The fourth-order valence-electron chi connectivity index (χ4n) is 2.10. The third kappa shape index (κ3) is 3.54. The summed E-state index contributed by atoms with van der Waals surface area (Å²) in [6.45, 7) is 6.02. The third-order valence-electron chi connectivity index (χ3n) is 3.23. The molecule has 0 unspecified atom stereocenters. The molecular formula is C16H22N4. The van der Waals surface area contributed by atoms with Crippen molar-refractivity contribution in [2.45, 2.75) is 26.8 Å². The highest BCUT2D eigenvalue weighted by molar-refractivity contribution is 5.62. The average molecular weight is 270 g/mol. The van der Waals surface area contributed by atoms with Gasteiger partial charge < -0.3 is 10.2 Å². The summed E-state index contributed by atoms with van der Waals surface area (Å²) in [4.78, 5) is 11.0. The Balaban J connectivity index is 2.16. The van der Waals surface area contributed by atoms with Crippen LogP contribution < -0.4 is 10.2 Å². The lowest BCUT2D eigenvalue weighted by atomic mass is 10.2. The van der Waals surface area contributed by atoms with E-state index in [4.69, 9.17) is 0 Å². The molecule has 20 heavy (non-hydrogen) atoms. The van der Waals surface area contributed by atoms with Crippen LogP contribution in [0, 0.1) is 6.92 Å². The number of nitrogens with zero attached hydrogens (tertiary/aromatic N) is 3. The maximum atomic E-state index is 4.66. The molecule has 0 bridgehead atoms. The number of hydrogen-bond acceptors (Lipinski definition) is 4. The molecule has 0 saturated carbocycles. The second-order valence-corrected chi connectivity index (χ2v) is 4.89. The van der Waals surface area contributed by atoms with Crippen molar-refractivity contribution in [1.29, 1.82) is 0 Å². The van der Waals surface area contributed by atoms with Crippen molar-refractivity contribution in [2.24, 2.45) is 0 Å². The van der Waals surface area contributed by atoms with Gasteiger partial charge in [-0.15, -0.1) is 0 Å². The standard InChI is InChI=1S/C16H22N4/c1-4-9-17-10-14-11-18-12-16(19-14)20(3)15-8-6-5-7-13(15)2/h5-8,11-12,17H,4,9-10H2,1-3H3. The van der Waals surface area contributed by atoms with Crippen molar-refractivity contribution in [2.75, 3.05) is 18.5 Å². The van der Waals surface area contributed by atoms with Gasteiger partial charge >= 0.3 is 0 Å². The van der Waals surface area contributed by atoms with Crippen LogP contribution in [0.15, 0.2) is 36.7 Å². The van der Waals surface area contributed by atoms with E-state index in [0.29, 0.717) is 0 Å². The van der Waals surface area contributed by atoms with Gasteiger partial charge in [0.2, 0.25) is 0 Å². The molecule has 4 heteroatoms. The van der Waals surface area contributed by atoms with E-state index in [0.717, 1.165) is 36.7 Å². The molecule has 1 heterocycles. The summed E-state index contributed by atoms with van der Waals surface area (Å²) in [6.07, 6.45) is 4.74. The van der Waals surface area contributed by atoms with Gasteiger partial charge in [-0.2, -0.15) is 0 Å². The van der Waals surface area contributed by atoms with Crippen LogP contribution in [-0.4, -0.2) is 23.6 Å². The minimum Gasteiger partial charge on any atom is -0.328 e. The molecule has 1 aromatic heterocycles. The van der Waals surface area contributed by atoms with Gasteiger partial charge in [0.05, 0.1) is 11.9 Å². The maximum Gasteiger partial charge on any atom is 0.151 e. The monoisotopic (exact) mass is 270 g/mol. The van der Waals surface area contributed by atoms with Crippen molar-refractivity contribution in [3.05, 3.63) is 47.9 Å². The lowest BCUT2D eigenvalue weighted by Crippen LogP contribution is -2.17. The molecular weight excluding hydrogens is 248 g/mol. The minimum atomic E-state index is 0.760. The van der Waals surface area contributed by atoms with E-state index in [2.05, 4.69) is 46.2 Å². The van der Waals surface area contributed by atoms with Gasteiger partial charge in [-0.25, -0.2) is 4.98 Å². The maximum absolute atomic E-state index is 4.66. The van der Waals surface area contributed by atoms with Crippen molar-refractivity contribution in [1.82, 2.24) is 15.3 Å². The highest BCUT2D eigenvalue weighted by Gasteiger charge is 2.08. The summed E-state index contributed by atoms with van der Waals surface area (Å²) >= 11 is 0. The fourth-order valence-corrected chi connectivity index (χ4v) is 2.10. The van der Waals surface area contributed by atoms with E-state index in [1.54, 1.807) is 6.20 Å². The molecule has 2 aromatic rings. The number of anilines is 2. The first-order valence-corrected chi connectivity index (χ1v) is 7.03. The SMILES string of the molecule is CCCNCc1cncc(N(C)c2ccccc2C)n1. The normalized spacial score (nSPS) is 10.6. The zero-order chi connectivity index (χ0) is 14.4. The Morgan fingerprint density at radius 1 is 1.20 bits per heavy atom. The van der Waals surface area contributed by atoms with Gasteiger partial charge in [0, 0.05) is 25.5 Å². The summed E-state index contributed by atoms with van der Waals surface area (Å²) in [5.41, 5.74) is 3.35. The second-order valence-electron chi connectivity index (χ2n) is 4.89. The predicted molar refractivity (Wildman–Crippen MR) is 83.3 cm³/mol.